The van der Waals surface area contributed by atoms with E-state index in [2.05, 4.69) is 27.6 Å². The molecule has 1 unspecified atom stereocenters. The second kappa shape index (κ2) is 2.87. The second-order valence-electron chi connectivity index (χ2n) is 1.71. The van der Waals surface area contributed by atoms with E-state index in [9.17, 15) is 9.59 Å². The van der Waals surface area contributed by atoms with Crippen LogP contribution in [0.4, 0.5) is 0 Å². The summed E-state index contributed by atoms with van der Waals surface area (Å²) in [6, 6.07) is 0. The van der Waals surface area contributed by atoms with Crippen LogP contribution in [-0.2, 0) is 0 Å². The summed E-state index contributed by atoms with van der Waals surface area (Å²) in [6.07, 6.45) is 0. The molecular weight excluding hydrogens is 267 g/mol. The minimum atomic E-state index is -0.322. The molecule has 0 fully saturated rings. The van der Waals surface area contributed by atoms with Crippen LogP contribution in [0.3, 0.4) is 0 Å². The summed E-state index contributed by atoms with van der Waals surface area (Å²) in [7, 11) is 0. The number of nitrogens with one attached hydrogen (secondary N) is 1. The first-order valence-electron chi connectivity index (χ1n) is 2.57. The molecule has 0 bridgehead atoms. The molecule has 0 aromatic carbocycles. The Kier molecular flexibility index (Phi) is 2.29. The lowest BCUT2D eigenvalue weighted by atomic mass is 10.8. The minimum absolute atomic E-state index is 0.0362. The van der Waals surface area contributed by atoms with Gasteiger partial charge in [-0.05, 0) is 6.92 Å². The topological polar surface area (TPSA) is 54.9 Å². The number of alkyl halides is 1. The molecule has 1 N–H and O–H groups in total. The number of hydrogen-bond donors (Lipinski definition) is 1. The Morgan fingerprint density at radius 3 is 2.50 bits per heavy atom. The Hall–Kier alpha value is -0.110. The van der Waals surface area contributed by atoms with Gasteiger partial charge in [0.25, 0.3) is 0 Å². The highest BCUT2D eigenvalue weighted by molar-refractivity contribution is 14.1. The molecule has 1 aromatic rings. The molecule has 1 atom stereocenters. The molecule has 0 aliphatic heterocycles. The normalized spacial score (nSPS) is 13.4. The van der Waals surface area contributed by atoms with Gasteiger partial charge in [0.15, 0.2) is 0 Å². The van der Waals surface area contributed by atoms with E-state index in [1.807, 2.05) is 6.92 Å². The van der Waals surface area contributed by atoms with E-state index >= 15 is 0 Å². The van der Waals surface area contributed by atoms with Gasteiger partial charge >= 0.3 is 10.6 Å². The van der Waals surface area contributed by atoms with Crippen LogP contribution in [-0.4, -0.2) is 8.94 Å². The standard InChI is InChI=1S/C4H5IN2O2S/c1-2(5)7-3(8)6-4(9)10-7/h2H,1H3,(H,6,8,9). The maximum absolute atomic E-state index is 10.8. The zero-order valence-electron chi connectivity index (χ0n) is 5.13. The molecule has 1 heterocycles. The molecular formula is C4H5IN2O2S. The maximum Gasteiger partial charge on any atom is 0.339 e. The number of nitrogens with zero attached hydrogens (tertiary/aromatic N) is 1. The van der Waals surface area contributed by atoms with E-state index < -0.39 is 0 Å². The molecule has 1 aromatic heterocycles. The lowest BCUT2D eigenvalue weighted by Crippen LogP contribution is -2.16. The second-order valence-corrected chi connectivity index (χ2v) is 4.46. The van der Waals surface area contributed by atoms with Crippen molar-refractivity contribution in [3.8, 4) is 0 Å². The maximum atomic E-state index is 10.8. The van der Waals surface area contributed by atoms with E-state index in [0.717, 1.165) is 11.5 Å². The molecule has 10 heavy (non-hydrogen) atoms. The van der Waals surface area contributed by atoms with Gasteiger partial charge in [-0.15, -0.1) is 0 Å². The summed E-state index contributed by atoms with van der Waals surface area (Å²) in [5.74, 6) is 0. The predicted molar refractivity (Wildman–Crippen MR) is 47.9 cm³/mol. The zero-order valence-corrected chi connectivity index (χ0v) is 8.10. The Morgan fingerprint density at radius 1 is 1.70 bits per heavy atom. The minimum Gasteiger partial charge on any atom is -0.263 e. The van der Waals surface area contributed by atoms with E-state index in [1.165, 1.54) is 3.96 Å². The van der Waals surface area contributed by atoms with Crippen LogP contribution in [0.15, 0.2) is 9.59 Å². The molecule has 0 spiro atoms. The van der Waals surface area contributed by atoms with Crippen LogP contribution in [0.2, 0.25) is 0 Å². The van der Waals surface area contributed by atoms with Crippen molar-refractivity contribution in [3.63, 3.8) is 0 Å². The molecule has 6 heteroatoms. The first-order chi connectivity index (χ1) is 4.61. The van der Waals surface area contributed by atoms with Gasteiger partial charge in [0.2, 0.25) is 0 Å². The number of aromatic nitrogens is 2. The van der Waals surface area contributed by atoms with Gasteiger partial charge in [-0.1, -0.05) is 22.6 Å². The summed E-state index contributed by atoms with van der Waals surface area (Å²) in [4.78, 5) is 23.2. The lowest BCUT2D eigenvalue weighted by Gasteiger charge is -1.97. The van der Waals surface area contributed by atoms with Gasteiger partial charge in [-0.25, -0.2) is 8.75 Å². The van der Waals surface area contributed by atoms with Crippen LogP contribution in [0.5, 0.6) is 0 Å². The van der Waals surface area contributed by atoms with Crippen LogP contribution in [0, 0.1) is 0 Å². The zero-order chi connectivity index (χ0) is 7.72. The molecule has 0 saturated carbocycles. The lowest BCUT2D eigenvalue weighted by molar-refractivity contribution is 0.793. The monoisotopic (exact) mass is 272 g/mol. The number of hydrogen-bond acceptors (Lipinski definition) is 3. The molecule has 0 saturated heterocycles. The van der Waals surface area contributed by atoms with Crippen molar-refractivity contribution in [2.24, 2.45) is 0 Å². The molecule has 1 rings (SSSR count). The highest BCUT2D eigenvalue weighted by Gasteiger charge is 2.04. The van der Waals surface area contributed by atoms with Crippen LogP contribution < -0.4 is 10.6 Å². The first-order valence-corrected chi connectivity index (χ1v) is 4.59. The van der Waals surface area contributed by atoms with E-state index in [1.54, 1.807) is 0 Å². The molecule has 0 aliphatic carbocycles. The fourth-order valence-electron chi connectivity index (χ4n) is 0.530. The van der Waals surface area contributed by atoms with Crippen LogP contribution in [0.25, 0.3) is 0 Å². The van der Waals surface area contributed by atoms with Crippen molar-refractivity contribution in [1.29, 1.82) is 0 Å². The molecule has 56 valence electrons. The van der Waals surface area contributed by atoms with Crippen molar-refractivity contribution in [2.75, 3.05) is 0 Å². The average molecular weight is 272 g/mol. The van der Waals surface area contributed by atoms with Crippen LogP contribution in [0.1, 0.15) is 11.0 Å². The third-order valence-electron chi connectivity index (χ3n) is 0.914. The number of H-pyrrole nitrogens is 1. The quantitative estimate of drug-likeness (QED) is 0.599. The van der Waals surface area contributed by atoms with E-state index in [0.29, 0.717) is 0 Å². The smallest absolute Gasteiger partial charge is 0.263 e. The highest BCUT2D eigenvalue weighted by atomic mass is 127. The van der Waals surface area contributed by atoms with Crippen molar-refractivity contribution in [2.45, 2.75) is 11.0 Å². The Labute approximate surface area is 74.2 Å². The molecule has 4 nitrogen and oxygen atoms in total. The van der Waals surface area contributed by atoms with E-state index in [-0.39, 0.29) is 14.6 Å². The fourth-order valence-corrected chi connectivity index (χ4v) is 1.71. The van der Waals surface area contributed by atoms with Gasteiger partial charge in [0.05, 0.1) is 4.05 Å². The fraction of sp³-hybridized carbons (Fsp3) is 0.500. The highest BCUT2D eigenvalue weighted by Crippen LogP contribution is 2.11. The third kappa shape index (κ3) is 1.48. The van der Waals surface area contributed by atoms with Crippen molar-refractivity contribution in [3.05, 3.63) is 20.2 Å². The molecule has 0 aliphatic rings. The van der Waals surface area contributed by atoms with Gasteiger partial charge in [0.1, 0.15) is 0 Å². The Morgan fingerprint density at radius 2 is 2.30 bits per heavy atom. The summed E-state index contributed by atoms with van der Waals surface area (Å²) in [5.41, 5.74) is -0.322. The Bertz CT molecular complexity index is 322. The molecule has 0 amide bonds. The largest absolute Gasteiger partial charge is 0.339 e. The number of halogens is 1. The SMILES string of the molecule is CC(I)n1sc(=O)[nH]c1=O. The summed E-state index contributed by atoms with van der Waals surface area (Å²) in [5, 5.41) is 0. The van der Waals surface area contributed by atoms with Crippen molar-refractivity contribution < 1.29 is 0 Å². The van der Waals surface area contributed by atoms with Crippen LogP contribution >= 0.6 is 34.1 Å². The Balaban J connectivity index is 3.29. The van der Waals surface area contributed by atoms with Gasteiger partial charge in [-0.3, -0.25) is 9.78 Å². The van der Waals surface area contributed by atoms with Crippen molar-refractivity contribution in [1.82, 2.24) is 8.94 Å². The van der Waals surface area contributed by atoms with Crippen molar-refractivity contribution >= 4 is 34.1 Å². The van der Waals surface area contributed by atoms with E-state index in [4.69, 9.17) is 0 Å². The average Bonchev–Trinajstić information content (AvgIpc) is 2.10. The first kappa shape index (κ1) is 7.99. The van der Waals surface area contributed by atoms with Gasteiger partial charge < -0.3 is 0 Å². The summed E-state index contributed by atoms with van der Waals surface area (Å²) in [6.45, 7) is 1.84. The number of rotatable bonds is 1. The van der Waals surface area contributed by atoms with Gasteiger partial charge in [-0.2, -0.15) is 0 Å². The summed E-state index contributed by atoms with van der Waals surface area (Å²) < 4.78 is 1.43. The predicted octanol–water partition coefficient (Wildman–Crippen LogP) is 0.552. The number of aromatic amines is 1. The van der Waals surface area contributed by atoms with Gasteiger partial charge in [0, 0.05) is 11.5 Å². The third-order valence-corrected chi connectivity index (χ3v) is 2.80. The molecule has 0 radical (unpaired) electrons. The summed E-state index contributed by atoms with van der Waals surface area (Å²) >= 11 is 2.97.